The number of aromatic nitrogens is 1. The van der Waals surface area contributed by atoms with E-state index in [4.69, 9.17) is 21.1 Å². The molecule has 3 heterocycles. The van der Waals surface area contributed by atoms with Gasteiger partial charge in [0.2, 0.25) is 0 Å². The smallest absolute Gasteiger partial charge is 0.418 e. The van der Waals surface area contributed by atoms with Gasteiger partial charge in [-0.1, -0.05) is 29.8 Å². The summed E-state index contributed by atoms with van der Waals surface area (Å²) < 4.78 is 49.6. The van der Waals surface area contributed by atoms with Crippen LogP contribution in [0.25, 0.3) is 0 Å². The van der Waals surface area contributed by atoms with Crippen LogP contribution < -0.4 is 9.47 Å². The fourth-order valence-corrected chi connectivity index (χ4v) is 5.06. The number of ether oxygens (including phenoxy) is 2. The first-order chi connectivity index (χ1) is 17.7. The van der Waals surface area contributed by atoms with Crippen LogP contribution in [0.1, 0.15) is 24.0 Å². The SMILES string of the molecule is O=C(Oc1cncc(C(F)(F)F)c1)N1CCC2(CC1)CN(Cc1ccc(Oc3cccc(Cl)c3)cc1)C2. The van der Waals surface area contributed by atoms with Crippen molar-refractivity contribution in [1.29, 1.82) is 0 Å². The third-order valence-electron chi connectivity index (χ3n) is 6.81. The summed E-state index contributed by atoms with van der Waals surface area (Å²) in [4.78, 5) is 19.9. The molecule has 0 bridgehead atoms. The summed E-state index contributed by atoms with van der Waals surface area (Å²) in [5.41, 5.74) is 0.390. The summed E-state index contributed by atoms with van der Waals surface area (Å²) >= 11 is 6.01. The quantitative estimate of drug-likeness (QED) is 0.369. The van der Waals surface area contributed by atoms with E-state index in [1.54, 1.807) is 17.0 Å². The van der Waals surface area contributed by atoms with Crippen LogP contribution >= 0.6 is 11.6 Å². The van der Waals surface area contributed by atoms with E-state index in [1.165, 1.54) is 5.56 Å². The van der Waals surface area contributed by atoms with Crippen molar-refractivity contribution in [2.45, 2.75) is 25.6 Å². The molecule has 0 unspecified atom stereocenters. The molecule has 3 aromatic rings. The molecule has 1 aromatic heterocycles. The van der Waals surface area contributed by atoms with Crippen LogP contribution in [0, 0.1) is 5.41 Å². The molecule has 10 heteroatoms. The second-order valence-corrected chi connectivity index (χ2v) is 10.0. The average Bonchev–Trinajstić information content (AvgIpc) is 2.84. The van der Waals surface area contributed by atoms with E-state index in [9.17, 15) is 18.0 Å². The highest BCUT2D eigenvalue weighted by Crippen LogP contribution is 2.41. The molecule has 2 fully saturated rings. The van der Waals surface area contributed by atoms with Gasteiger partial charge < -0.3 is 14.4 Å². The Kier molecular flexibility index (Phi) is 7.00. The number of rotatable bonds is 5. The molecule has 5 rings (SSSR count). The molecule has 2 saturated heterocycles. The predicted octanol–water partition coefficient (Wildman–Crippen LogP) is 6.64. The van der Waals surface area contributed by atoms with E-state index in [0.29, 0.717) is 30.1 Å². The molecule has 1 amide bonds. The maximum Gasteiger partial charge on any atom is 0.418 e. The molecular weight excluding hydrogens is 507 g/mol. The minimum absolute atomic E-state index is 0.157. The molecule has 37 heavy (non-hydrogen) atoms. The molecule has 0 radical (unpaired) electrons. The number of hydrogen-bond donors (Lipinski definition) is 0. The molecule has 0 saturated carbocycles. The zero-order valence-corrected chi connectivity index (χ0v) is 20.6. The van der Waals surface area contributed by atoms with E-state index < -0.39 is 17.8 Å². The van der Waals surface area contributed by atoms with Gasteiger partial charge in [0.1, 0.15) is 11.5 Å². The number of alkyl halides is 3. The Bertz CT molecular complexity index is 1250. The van der Waals surface area contributed by atoms with Gasteiger partial charge in [-0.3, -0.25) is 9.88 Å². The summed E-state index contributed by atoms with van der Waals surface area (Å²) in [6.45, 7) is 3.72. The van der Waals surface area contributed by atoms with E-state index in [1.807, 2.05) is 36.4 Å². The second-order valence-electron chi connectivity index (χ2n) is 9.61. The lowest BCUT2D eigenvalue weighted by Gasteiger charge is -2.54. The highest BCUT2D eigenvalue weighted by Gasteiger charge is 2.45. The Morgan fingerprint density at radius 1 is 0.973 bits per heavy atom. The first-order valence-corrected chi connectivity index (χ1v) is 12.3. The molecule has 0 aliphatic carbocycles. The van der Waals surface area contributed by atoms with Crippen molar-refractivity contribution in [2.24, 2.45) is 5.41 Å². The van der Waals surface area contributed by atoms with Gasteiger partial charge in [0.25, 0.3) is 0 Å². The van der Waals surface area contributed by atoms with Crippen LogP contribution in [0.4, 0.5) is 18.0 Å². The highest BCUT2D eigenvalue weighted by molar-refractivity contribution is 6.30. The van der Waals surface area contributed by atoms with Crippen LogP contribution in [0.2, 0.25) is 5.02 Å². The molecule has 0 atom stereocenters. The van der Waals surface area contributed by atoms with Crippen molar-refractivity contribution in [3.63, 3.8) is 0 Å². The maximum atomic E-state index is 12.9. The first-order valence-electron chi connectivity index (χ1n) is 11.9. The summed E-state index contributed by atoms with van der Waals surface area (Å²) in [5.74, 6) is 1.22. The van der Waals surface area contributed by atoms with Gasteiger partial charge in [-0.05, 0) is 60.2 Å². The van der Waals surface area contributed by atoms with E-state index in [0.717, 1.165) is 50.5 Å². The topological polar surface area (TPSA) is 54.9 Å². The fourth-order valence-electron chi connectivity index (χ4n) is 4.88. The monoisotopic (exact) mass is 531 g/mol. The largest absolute Gasteiger partial charge is 0.457 e. The van der Waals surface area contributed by atoms with Crippen molar-refractivity contribution in [3.8, 4) is 17.2 Å². The lowest BCUT2D eigenvalue weighted by molar-refractivity contribution is -0.137. The second kappa shape index (κ2) is 10.2. The zero-order valence-electron chi connectivity index (χ0n) is 19.9. The number of carbonyl (C=O) groups is 1. The van der Waals surface area contributed by atoms with Gasteiger partial charge in [-0.2, -0.15) is 13.2 Å². The maximum absolute atomic E-state index is 12.9. The van der Waals surface area contributed by atoms with E-state index in [2.05, 4.69) is 9.88 Å². The minimum Gasteiger partial charge on any atom is -0.457 e. The predicted molar refractivity (Wildman–Crippen MR) is 132 cm³/mol. The lowest BCUT2D eigenvalue weighted by Crippen LogP contribution is -2.60. The molecular formula is C27H25ClF3N3O3. The Morgan fingerprint density at radius 2 is 1.70 bits per heavy atom. The van der Waals surface area contributed by atoms with Gasteiger partial charge in [-0.25, -0.2) is 4.79 Å². The average molecular weight is 532 g/mol. The molecule has 2 aliphatic heterocycles. The van der Waals surface area contributed by atoms with Crippen molar-refractivity contribution in [3.05, 3.63) is 83.1 Å². The Labute approximate surface area is 217 Å². The standard InChI is InChI=1S/C27H25ClF3N3O3/c28-21-2-1-3-23(13-21)36-22-6-4-19(5-7-22)16-33-17-26(18-33)8-10-34(11-9-26)25(35)37-24-12-20(14-32-15-24)27(29,30)31/h1-7,12-15H,8-11,16-18H2. The van der Waals surface area contributed by atoms with Gasteiger partial charge in [0.15, 0.2) is 5.75 Å². The number of carbonyl (C=O) groups excluding carboxylic acids is 1. The van der Waals surface area contributed by atoms with Crippen molar-refractivity contribution < 1.29 is 27.4 Å². The first kappa shape index (κ1) is 25.4. The van der Waals surface area contributed by atoms with Crippen LogP contribution in [-0.2, 0) is 12.7 Å². The van der Waals surface area contributed by atoms with Gasteiger partial charge >= 0.3 is 12.3 Å². The Balaban J connectivity index is 1.07. The number of hydrogen-bond acceptors (Lipinski definition) is 5. The van der Waals surface area contributed by atoms with Gasteiger partial charge in [-0.15, -0.1) is 0 Å². The molecule has 1 spiro atoms. The number of nitrogens with zero attached hydrogens (tertiary/aromatic N) is 3. The number of benzene rings is 2. The molecule has 6 nitrogen and oxygen atoms in total. The van der Waals surface area contributed by atoms with Gasteiger partial charge in [0.05, 0.1) is 11.8 Å². The summed E-state index contributed by atoms with van der Waals surface area (Å²) in [7, 11) is 0. The number of likely N-dealkylation sites (tertiary alicyclic amines) is 2. The van der Waals surface area contributed by atoms with Crippen LogP contribution in [0.5, 0.6) is 17.2 Å². The number of piperidine rings is 1. The van der Waals surface area contributed by atoms with E-state index >= 15 is 0 Å². The summed E-state index contributed by atoms with van der Waals surface area (Å²) in [6.07, 6.45) is -1.73. The van der Waals surface area contributed by atoms with Gasteiger partial charge in [0, 0.05) is 43.9 Å². The molecule has 0 N–H and O–H groups in total. The number of pyridine rings is 1. The van der Waals surface area contributed by atoms with Crippen LogP contribution in [0.3, 0.4) is 0 Å². The molecule has 194 valence electrons. The summed E-state index contributed by atoms with van der Waals surface area (Å²) in [5, 5.41) is 0.622. The zero-order chi connectivity index (χ0) is 26.0. The lowest BCUT2D eigenvalue weighted by atomic mass is 9.72. The Morgan fingerprint density at radius 3 is 2.38 bits per heavy atom. The minimum atomic E-state index is -4.55. The van der Waals surface area contributed by atoms with Crippen molar-refractivity contribution in [2.75, 3.05) is 26.2 Å². The van der Waals surface area contributed by atoms with E-state index in [-0.39, 0.29) is 11.2 Å². The third kappa shape index (κ3) is 6.17. The van der Waals surface area contributed by atoms with Crippen molar-refractivity contribution >= 4 is 17.7 Å². The van der Waals surface area contributed by atoms with Crippen molar-refractivity contribution in [1.82, 2.24) is 14.8 Å². The highest BCUT2D eigenvalue weighted by atomic mass is 35.5. The summed E-state index contributed by atoms with van der Waals surface area (Å²) in [6, 6.07) is 16.0. The Hall–Kier alpha value is -3.30. The number of amides is 1. The fraction of sp³-hybridized carbons (Fsp3) is 0.333. The van der Waals surface area contributed by atoms with Crippen LogP contribution in [0.15, 0.2) is 67.0 Å². The molecule has 2 aliphatic rings. The normalized spacial score (nSPS) is 17.4. The molecule has 2 aromatic carbocycles. The third-order valence-corrected chi connectivity index (χ3v) is 7.04. The number of halogens is 4. The van der Waals surface area contributed by atoms with Crippen LogP contribution in [-0.4, -0.2) is 47.1 Å².